The van der Waals surface area contributed by atoms with Gasteiger partial charge in [-0.05, 0) is 33.6 Å². The number of esters is 1. The molecule has 1 fully saturated rings. The second-order valence-electron chi connectivity index (χ2n) is 5.27. The van der Waals surface area contributed by atoms with Gasteiger partial charge in [-0.3, -0.25) is 10.1 Å². The van der Waals surface area contributed by atoms with Gasteiger partial charge in [-0.15, -0.1) is 0 Å². The van der Waals surface area contributed by atoms with Crippen molar-refractivity contribution >= 4 is 12.1 Å². The molecule has 0 bridgehead atoms. The first-order chi connectivity index (χ1) is 7.88. The van der Waals surface area contributed by atoms with Crippen LogP contribution in [0.3, 0.4) is 0 Å². The molecule has 0 unspecified atom stereocenters. The number of nitrogens with one attached hydrogen (secondary N) is 1. The maximum atomic E-state index is 11.5. The van der Waals surface area contributed by atoms with Crippen LogP contribution in [0.1, 0.15) is 46.5 Å². The Labute approximate surface area is 102 Å². The van der Waals surface area contributed by atoms with Crippen LogP contribution in [-0.4, -0.2) is 24.4 Å². The van der Waals surface area contributed by atoms with E-state index < -0.39 is 11.7 Å². The number of carbonyl (C=O) groups excluding carboxylic acids is 2. The fourth-order valence-corrected chi connectivity index (χ4v) is 1.76. The van der Waals surface area contributed by atoms with E-state index in [1.165, 1.54) is 0 Å². The van der Waals surface area contributed by atoms with Gasteiger partial charge in [0.25, 0.3) is 0 Å². The fraction of sp³-hybridized carbons (Fsp3) is 0.833. The van der Waals surface area contributed by atoms with Crippen LogP contribution in [0, 0.1) is 5.92 Å². The predicted molar refractivity (Wildman–Crippen MR) is 62.3 cm³/mol. The molecule has 0 aromatic rings. The van der Waals surface area contributed by atoms with Crippen LogP contribution in [0.5, 0.6) is 0 Å². The molecular formula is C12H21NO4. The third kappa shape index (κ3) is 5.56. The first-order valence-corrected chi connectivity index (χ1v) is 6.02. The van der Waals surface area contributed by atoms with E-state index in [-0.39, 0.29) is 18.6 Å². The Morgan fingerprint density at radius 1 is 1.24 bits per heavy atom. The number of alkyl carbamates (subject to hydrolysis) is 1. The van der Waals surface area contributed by atoms with Crippen molar-refractivity contribution in [1.82, 2.24) is 5.32 Å². The molecule has 0 spiro atoms. The summed E-state index contributed by atoms with van der Waals surface area (Å²) >= 11 is 0. The van der Waals surface area contributed by atoms with Crippen molar-refractivity contribution in [2.75, 3.05) is 6.73 Å². The monoisotopic (exact) mass is 243 g/mol. The lowest BCUT2D eigenvalue weighted by Crippen LogP contribution is -2.35. The van der Waals surface area contributed by atoms with Crippen molar-refractivity contribution in [2.45, 2.75) is 52.1 Å². The summed E-state index contributed by atoms with van der Waals surface area (Å²) in [6.45, 7) is 5.20. The van der Waals surface area contributed by atoms with Crippen LogP contribution in [0.25, 0.3) is 0 Å². The summed E-state index contributed by atoms with van der Waals surface area (Å²) in [6.07, 6.45) is 3.38. The van der Waals surface area contributed by atoms with Crippen LogP contribution in [0.4, 0.5) is 4.79 Å². The molecule has 0 aliphatic heterocycles. The zero-order valence-electron chi connectivity index (χ0n) is 10.7. The molecule has 5 heteroatoms. The number of ether oxygens (including phenoxy) is 2. The van der Waals surface area contributed by atoms with E-state index in [1.807, 2.05) is 0 Å². The Morgan fingerprint density at radius 2 is 1.82 bits per heavy atom. The van der Waals surface area contributed by atoms with Crippen LogP contribution >= 0.6 is 0 Å². The summed E-state index contributed by atoms with van der Waals surface area (Å²) in [5.74, 6) is -0.214. The smallest absolute Gasteiger partial charge is 0.410 e. The van der Waals surface area contributed by atoms with Gasteiger partial charge in [0.15, 0.2) is 6.73 Å². The summed E-state index contributed by atoms with van der Waals surface area (Å²) in [4.78, 5) is 22.7. The maximum Gasteiger partial charge on any atom is 0.410 e. The molecule has 0 aromatic heterocycles. The number of amides is 1. The minimum Gasteiger partial charge on any atom is -0.444 e. The van der Waals surface area contributed by atoms with Crippen LogP contribution < -0.4 is 5.32 Å². The zero-order valence-corrected chi connectivity index (χ0v) is 10.7. The molecule has 17 heavy (non-hydrogen) atoms. The average molecular weight is 243 g/mol. The van der Waals surface area contributed by atoms with E-state index in [0.29, 0.717) is 0 Å². The SMILES string of the molecule is CC(C)(C)OC(=O)NCOC(=O)C1CCCC1. The van der Waals surface area contributed by atoms with E-state index in [2.05, 4.69) is 5.32 Å². The fourth-order valence-electron chi connectivity index (χ4n) is 1.76. The Bertz CT molecular complexity index is 277. The molecule has 1 saturated carbocycles. The summed E-state index contributed by atoms with van der Waals surface area (Å²) < 4.78 is 9.96. The van der Waals surface area contributed by atoms with Gasteiger partial charge < -0.3 is 9.47 Å². The van der Waals surface area contributed by atoms with Crippen LogP contribution in [0.15, 0.2) is 0 Å². The lowest BCUT2D eigenvalue weighted by Gasteiger charge is -2.19. The molecule has 0 heterocycles. The second kappa shape index (κ2) is 5.89. The third-order valence-corrected chi connectivity index (χ3v) is 2.52. The number of carbonyl (C=O) groups is 2. The largest absolute Gasteiger partial charge is 0.444 e. The Balaban J connectivity index is 2.14. The van der Waals surface area contributed by atoms with Crippen molar-refractivity contribution in [1.29, 1.82) is 0 Å². The van der Waals surface area contributed by atoms with E-state index in [9.17, 15) is 9.59 Å². The Hall–Kier alpha value is -1.26. The molecular weight excluding hydrogens is 222 g/mol. The highest BCUT2D eigenvalue weighted by atomic mass is 16.6. The van der Waals surface area contributed by atoms with Gasteiger partial charge in [-0.25, -0.2) is 4.79 Å². The number of hydrogen-bond donors (Lipinski definition) is 1. The van der Waals surface area contributed by atoms with Crippen LogP contribution in [0.2, 0.25) is 0 Å². The minimum absolute atomic E-state index is 0.00966. The quantitative estimate of drug-likeness (QED) is 0.609. The lowest BCUT2D eigenvalue weighted by atomic mass is 10.1. The summed E-state index contributed by atoms with van der Waals surface area (Å²) in [7, 11) is 0. The molecule has 98 valence electrons. The number of hydrogen-bond acceptors (Lipinski definition) is 4. The molecule has 1 N–H and O–H groups in total. The highest BCUT2D eigenvalue weighted by Gasteiger charge is 2.24. The molecule has 0 saturated heterocycles. The maximum absolute atomic E-state index is 11.5. The summed E-state index contributed by atoms with van der Waals surface area (Å²) in [6, 6.07) is 0. The van der Waals surface area contributed by atoms with Gasteiger partial charge in [0.05, 0.1) is 5.92 Å². The summed E-state index contributed by atoms with van der Waals surface area (Å²) in [5, 5.41) is 2.39. The molecule has 1 rings (SSSR count). The third-order valence-electron chi connectivity index (χ3n) is 2.52. The highest BCUT2D eigenvalue weighted by molar-refractivity contribution is 5.73. The van der Waals surface area contributed by atoms with Gasteiger partial charge in [-0.2, -0.15) is 0 Å². The minimum atomic E-state index is -0.572. The molecule has 1 aliphatic rings. The van der Waals surface area contributed by atoms with E-state index in [4.69, 9.17) is 9.47 Å². The summed E-state index contributed by atoms with van der Waals surface area (Å²) in [5.41, 5.74) is -0.542. The first kappa shape index (κ1) is 13.8. The van der Waals surface area contributed by atoms with Gasteiger partial charge >= 0.3 is 12.1 Å². The Morgan fingerprint density at radius 3 is 2.35 bits per heavy atom. The molecule has 0 radical (unpaired) electrons. The van der Waals surface area contributed by atoms with Crippen molar-refractivity contribution < 1.29 is 19.1 Å². The second-order valence-corrected chi connectivity index (χ2v) is 5.27. The van der Waals surface area contributed by atoms with Crippen molar-refractivity contribution in [3.63, 3.8) is 0 Å². The molecule has 0 aromatic carbocycles. The van der Waals surface area contributed by atoms with E-state index in [0.717, 1.165) is 25.7 Å². The average Bonchev–Trinajstić information content (AvgIpc) is 2.66. The topological polar surface area (TPSA) is 64.6 Å². The Kier molecular flexibility index (Phi) is 4.78. The lowest BCUT2D eigenvalue weighted by molar-refractivity contribution is -0.148. The van der Waals surface area contributed by atoms with Gasteiger partial charge in [0.1, 0.15) is 5.60 Å². The van der Waals surface area contributed by atoms with Gasteiger partial charge in [0, 0.05) is 0 Å². The molecule has 5 nitrogen and oxygen atoms in total. The van der Waals surface area contributed by atoms with Gasteiger partial charge in [0.2, 0.25) is 0 Å². The van der Waals surface area contributed by atoms with E-state index in [1.54, 1.807) is 20.8 Å². The molecule has 1 aliphatic carbocycles. The van der Waals surface area contributed by atoms with Crippen molar-refractivity contribution in [3.8, 4) is 0 Å². The molecule has 0 atom stereocenters. The zero-order chi connectivity index (χ0) is 12.9. The normalized spacial score (nSPS) is 16.6. The van der Waals surface area contributed by atoms with Crippen molar-refractivity contribution in [2.24, 2.45) is 5.92 Å². The molecule has 1 amide bonds. The predicted octanol–water partition coefficient (Wildman–Crippen LogP) is 2.20. The number of rotatable bonds is 3. The van der Waals surface area contributed by atoms with Crippen LogP contribution in [-0.2, 0) is 14.3 Å². The first-order valence-electron chi connectivity index (χ1n) is 6.02. The van der Waals surface area contributed by atoms with Crippen molar-refractivity contribution in [3.05, 3.63) is 0 Å². The standard InChI is InChI=1S/C12H21NO4/c1-12(2,3)17-11(15)13-8-16-10(14)9-6-4-5-7-9/h9H,4-8H2,1-3H3,(H,13,15). The highest BCUT2D eigenvalue weighted by Crippen LogP contribution is 2.25. The van der Waals surface area contributed by atoms with E-state index >= 15 is 0 Å². The van der Waals surface area contributed by atoms with Gasteiger partial charge in [-0.1, -0.05) is 12.8 Å².